The number of rotatable bonds is 5. The lowest BCUT2D eigenvalue weighted by Gasteiger charge is -2.15. The van der Waals surface area contributed by atoms with Gasteiger partial charge in [-0.3, -0.25) is 0 Å². The van der Waals surface area contributed by atoms with Gasteiger partial charge in [-0.05, 0) is 32.9 Å². The van der Waals surface area contributed by atoms with Crippen LogP contribution in [0, 0.1) is 6.92 Å². The smallest absolute Gasteiger partial charge is 0.316 e. The van der Waals surface area contributed by atoms with E-state index in [4.69, 9.17) is 8.83 Å². The average Bonchev–Trinajstić information content (AvgIpc) is 3.24. The molecule has 6 heteroatoms. The molecule has 2 atom stereocenters. The molecule has 1 aromatic carbocycles. The van der Waals surface area contributed by atoms with Crippen molar-refractivity contribution in [3.63, 3.8) is 0 Å². The molecule has 6 nitrogen and oxygen atoms in total. The molecule has 0 aliphatic heterocycles. The fourth-order valence-electron chi connectivity index (χ4n) is 2.48. The zero-order chi connectivity index (χ0) is 17.8. The van der Waals surface area contributed by atoms with Crippen LogP contribution in [0.1, 0.15) is 43.3 Å². The lowest BCUT2D eigenvalue weighted by molar-refractivity contribution is 0.231. The number of benzene rings is 1. The van der Waals surface area contributed by atoms with Crippen LogP contribution in [0.25, 0.3) is 11.3 Å². The highest BCUT2D eigenvalue weighted by Crippen LogP contribution is 2.22. The summed E-state index contributed by atoms with van der Waals surface area (Å²) in [6, 6.07) is 12.5. The Kier molecular flexibility index (Phi) is 4.88. The van der Waals surface area contributed by atoms with Crippen molar-refractivity contribution in [2.24, 2.45) is 0 Å². The van der Waals surface area contributed by atoms with Gasteiger partial charge in [-0.15, -0.1) is 0 Å². The van der Waals surface area contributed by atoms with Crippen molar-refractivity contribution in [1.82, 2.24) is 15.6 Å². The maximum absolute atomic E-state index is 12.2. The minimum Gasteiger partial charge on any atom is -0.464 e. The van der Waals surface area contributed by atoms with E-state index >= 15 is 0 Å². The van der Waals surface area contributed by atoms with E-state index in [0.717, 1.165) is 11.3 Å². The molecule has 25 heavy (non-hydrogen) atoms. The second-order valence-electron chi connectivity index (χ2n) is 5.94. The number of hydrogen-bond donors (Lipinski definition) is 2. The summed E-state index contributed by atoms with van der Waals surface area (Å²) < 4.78 is 11.3. The molecule has 0 unspecified atom stereocenters. The van der Waals surface area contributed by atoms with Crippen molar-refractivity contribution in [1.29, 1.82) is 0 Å². The first-order valence-corrected chi connectivity index (χ1v) is 8.17. The SMILES string of the molecule is Cc1ccc([C@H](C)NC(=O)N[C@@H](C)c2ncc(-c3ccccc3)o2)o1. The fourth-order valence-corrected chi connectivity index (χ4v) is 2.48. The lowest BCUT2D eigenvalue weighted by Crippen LogP contribution is -2.38. The molecule has 3 aromatic rings. The molecule has 0 spiro atoms. The van der Waals surface area contributed by atoms with Crippen LogP contribution < -0.4 is 10.6 Å². The number of amides is 2. The lowest BCUT2D eigenvalue weighted by atomic mass is 10.2. The Labute approximate surface area is 146 Å². The van der Waals surface area contributed by atoms with Gasteiger partial charge >= 0.3 is 6.03 Å². The first kappa shape index (κ1) is 16.8. The number of aryl methyl sites for hydroxylation is 1. The van der Waals surface area contributed by atoms with E-state index in [1.54, 1.807) is 6.20 Å². The monoisotopic (exact) mass is 339 g/mol. The fraction of sp³-hybridized carbons (Fsp3) is 0.263. The number of hydrogen-bond acceptors (Lipinski definition) is 4. The molecule has 0 aliphatic rings. The van der Waals surface area contributed by atoms with Crippen LogP contribution in [0.5, 0.6) is 0 Å². The van der Waals surface area contributed by atoms with Crippen LogP contribution in [0.2, 0.25) is 0 Å². The van der Waals surface area contributed by atoms with Crippen LogP contribution in [-0.4, -0.2) is 11.0 Å². The first-order chi connectivity index (χ1) is 12.0. The summed E-state index contributed by atoms with van der Waals surface area (Å²) in [6.45, 7) is 5.55. The van der Waals surface area contributed by atoms with E-state index in [0.29, 0.717) is 17.4 Å². The highest BCUT2D eigenvalue weighted by Gasteiger charge is 2.18. The standard InChI is InChI=1S/C19H21N3O3/c1-12-9-10-16(24-12)13(2)21-19(23)22-14(3)18-20-11-17(25-18)15-7-5-4-6-8-15/h4-11,13-14H,1-3H3,(H2,21,22,23)/t13-,14-/m0/s1. The van der Waals surface area contributed by atoms with Crippen molar-refractivity contribution >= 4 is 6.03 Å². The number of nitrogens with one attached hydrogen (secondary N) is 2. The van der Waals surface area contributed by atoms with Gasteiger partial charge in [0.15, 0.2) is 5.76 Å². The Bertz CT molecular complexity index is 838. The van der Waals surface area contributed by atoms with Gasteiger partial charge in [0, 0.05) is 5.56 Å². The topological polar surface area (TPSA) is 80.3 Å². The maximum Gasteiger partial charge on any atom is 0.316 e. The third kappa shape index (κ3) is 4.09. The van der Waals surface area contributed by atoms with Gasteiger partial charge in [-0.2, -0.15) is 0 Å². The summed E-state index contributed by atoms with van der Waals surface area (Å²) in [5.74, 6) is 2.65. The summed E-state index contributed by atoms with van der Waals surface area (Å²) in [7, 11) is 0. The number of furan rings is 1. The van der Waals surface area contributed by atoms with Crippen LogP contribution in [0.4, 0.5) is 4.79 Å². The zero-order valence-corrected chi connectivity index (χ0v) is 14.4. The summed E-state index contributed by atoms with van der Waals surface area (Å²) in [4.78, 5) is 16.4. The summed E-state index contributed by atoms with van der Waals surface area (Å²) in [6.07, 6.45) is 1.66. The van der Waals surface area contributed by atoms with Crippen LogP contribution >= 0.6 is 0 Å². The molecule has 2 aromatic heterocycles. The number of carbonyl (C=O) groups is 1. The van der Waals surface area contributed by atoms with E-state index in [1.807, 2.05) is 63.2 Å². The van der Waals surface area contributed by atoms with Crippen molar-refractivity contribution in [3.05, 3.63) is 66.1 Å². The normalized spacial score (nSPS) is 13.2. The molecule has 0 aliphatic carbocycles. The van der Waals surface area contributed by atoms with Crippen LogP contribution in [0.15, 0.2) is 57.5 Å². The zero-order valence-electron chi connectivity index (χ0n) is 14.4. The Morgan fingerprint density at radius 2 is 1.72 bits per heavy atom. The molecular formula is C19H21N3O3. The predicted octanol–water partition coefficient (Wildman–Crippen LogP) is 4.36. The largest absolute Gasteiger partial charge is 0.464 e. The van der Waals surface area contributed by atoms with Crippen molar-refractivity contribution in [3.8, 4) is 11.3 Å². The van der Waals surface area contributed by atoms with Gasteiger partial charge in [-0.25, -0.2) is 9.78 Å². The van der Waals surface area contributed by atoms with Gasteiger partial charge < -0.3 is 19.5 Å². The Morgan fingerprint density at radius 1 is 1.00 bits per heavy atom. The van der Waals surface area contributed by atoms with Gasteiger partial charge in [0.2, 0.25) is 5.89 Å². The van der Waals surface area contributed by atoms with Crippen molar-refractivity contribution in [2.45, 2.75) is 32.9 Å². The highest BCUT2D eigenvalue weighted by atomic mass is 16.4. The highest BCUT2D eigenvalue weighted by molar-refractivity contribution is 5.74. The summed E-state index contributed by atoms with van der Waals surface area (Å²) in [5.41, 5.74) is 0.944. The predicted molar refractivity (Wildman–Crippen MR) is 93.9 cm³/mol. The van der Waals surface area contributed by atoms with Crippen molar-refractivity contribution in [2.75, 3.05) is 0 Å². The van der Waals surface area contributed by atoms with Gasteiger partial charge in [0.1, 0.15) is 17.6 Å². The Hall–Kier alpha value is -3.02. The third-order valence-corrected chi connectivity index (χ3v) is 3.84. The molecule has 130 valence electrons. The number of nitrogens with zero attached hydrogens (tertiary/aromatic N) is 1. The van der Waals surface area contributed by atoms with Gasteiger partial charge in [0.25, 0.3) is 0 Å². The Morgan fingerprint density at radius 3 is 2.40 bits per heavy atom. The quantitative estimate of drug-likeness (QED) is 0.723. The van der Waals surface area contributed by atoms with E-state index in [-0.39, 0.29) is 18.1 Å². The number of oxazole rings is 1. The van der Waals surface area contributed by atoms with E-state index < -0.39 is 0 Å². The van der Waals surface area contributed by atoms with Crippen LogP contribution in [0.3, 0.4) is 0 Å². The molecule has 0 saturated heterocycles. The summed E-state index contributed by atoms with van der Waals surface area (Å²) in [5, 5.41) is 5.66. The number of urea groups is 1. The molecule has 0 radical (unpaired) electrons. The van der Waals surface area contributed by atoms with E-state index in [1.165, 1.54) is 0 Å². The summed E-state index contributed by atoms with van der Waals surface area (Å²) >= 11 is 0. The second-order valence-corrected chi connectivity index (χ2v) is 5.94. The molecule has 0 fully saturated rings. The minimum absolute atomic E-state index is 0.231. The molecular weight excluding hydrogens is 318 g/mol. The van der Waals surface area contributed by atoms with E-state index in [9.17, 15) is 4.79 Å². The third-order valence-electron chi connectivity index (χ3n) is 3.84. The van der Waals surface area contributed by atoms with E-state index in [2.05, 4.69) is 15.6 Å². The number of aromatic nitrogens is 1. The second kappa shape index (κ2) is 7.25. The Balaban J connectivity index is 1.59. The molecule has 0 bridgehead atoms. The molecule has 2 heterocycles. The first-order valence-electron chi connectivity index (χ1n) is 8.17. The number of carbonyl (C=O) groups excluding carboxylic acids is 1. The molecule has 2 amide bonds. The average molecular weight is 339 g/mol. The van der Waals surface area contributed by atoms with Crippen LogP contribution in [-0.2, 0) is 0 Å². The molecule has 0 saturated carbocycles. The van der Waals surface area contributed by atoms with Gasteiger partial charge in [0.05, 0.1) is 12.2 Å². The van der Waals surface area contributed by atoms with Crippen molar-refractivity contribution < 1.29 is 13.6 Å². The maximum atomic E-state index is 12.2. The van der Waals surface area contributed by atoms with Gasteiger partial charge in [-0.1, -0.05) is 30.3 Å². The minimum atomic E-state index is -0.358. The molecule has 3 rings (SSSR count). The molecule has 2 N–H and O–H groups in total.